The number of thiazole rings is 1. The number of aromatic nitrogens is 1. The van der Waals surface area contributed by atoms with E-state index in [1.165, 1.54) is 29.5 Å². The standard InChI is InChI=1S/C13H8ClFN2O2S3/c14-12-6-5-10(21-12)9-7-20-13(16-9)17-22(18,19)11-4-2-1-3-8(11)15/h1-7H,(H,16,17). The van der Waals surface area contributed by atoms with Crippen LogP contribution >= 0.6 is 34.3 Å². The topological polar surface area (TPSA) is 59.1 Å². The Kier molecular flexibility index (Phi) is 4.18. The van der Waals surface area contributed by atoms with Gasteiger partial charge in [0.2, 0.25) is 0 Å². The van der Waals surface area contributed by atoms with Gasteiger partial charge >= 0.3 is 0 Å². The van der Waals surface area contributed by atoms with Gasteiger partial charge in [-0.3, -0.25) is 4.72 Å². The summed E-state index contributed by atoms with van der Waals surface area (Å²) in [6.07, 6.45) is 0. The normalized spacial score (nSPS) is 11.5. The van der Waals surface area contributed by atoms with E-state index in [2.05, 4.69) is 9.71 Å². The SMILES string of the molecule is O=S(=O)(Nc1nc(-c2ccc(Cl)s2)cs1)c1ccccc1F. The van der Waals surface area contributed by atoms with Crippen molar-refractivity contribution < 1.29 is 12.8 Å². The van der Waals surface area contributed by atoms with E-state index in [4.69, 9.17) is 11.6 Å². The molecule has 2 heterocycles. The van der Waals surface area contributed by atoms with E-state index in [1.807, 2.05) is 0 Å². The number of nitrogens with zero attached hydrogens (tertiary/aromatic N) is 1. The zero-order valence-corrected chi connectivity index (χ0v) is 14.0. The van der Waals surface area contributed by atoms with Crippen LogP contribution in [-0.4, -0.2) is 13.4 Å². The van der Waals surface area contributed by atoms with E-state index in [1.54, 1.807) is 17.5 Å². The van der Waals surface area contributed by atoms with Gasteiger partial charge in [-0.2, -0.15) is 0 Å². The number of rotatable bonds is 4. The molecule has 0 unspecified atom stereocenters. The summed E-state index contributed by atoms with van der Waals surface area (Å²) < 4.78 is 40.9. The molecule has 3 rings (SSSR count). The third kappa shape index (κ3) is 3.14. The maximum Gasteiger partial charge on any atom is 0.266 e. The van der Waals surface area contributed by atoms with Crippen molar-refractivity contribution in [2.24, 2.45) is 0 Å². The molecule has 0 bridgehead atoms. The van der Waals surface area contributed by atoms with Gasteiger partial charge in [0.15, 0.2) is 5.13 Å². The molecule has 22 heavy (non-hydrogen) atoms. The van der Waals surface area contributed by atoms with Crippen molar-refractivity contribution in [3.8, 4) is 10.6 Å². The number of anilines is 1. The molecule has 3 aromatic rings. The monoisotopic (exact) mass is 374 g/mol. The highest BCUT2D eigenvalue weighted by Gasteiger charge is 2.20. The Bertz CT molecular complexity index is 921. The lowest BCUT2D eigenvalue weighted by Gasteiger charge is -2.05. The molecule has 0 atom stereocenters. The molecule has 114 valence electrons. The minimum absolute atomic E-state index is 0.169. The first-order valence-electron chi connectivity index (χ1n) is 5.94. The molecule has 1 aromatic carbocycles. The molecule has 9 heteroatoms. The van der Waals surface area contributed by atoms with Crippen LogP contribution in [0.1, 0.15) is 0 Å². The van der Waals surface area contributed by atoms with Crippen molar-refractivity contribution in [3.05, 3.63) is 51.9 Å². The molecule has 0 saturated carbocycles. The molecule has 0 spiro atoms. The van der Waals surface area contributed by atoms with Crippen molar-refractivity contribution in [3.63, 3.8) is 0 Å². The third-order valence-corrected chi connectivity index (χ3v) is 6.19. The molecule has 0 aliphatic carbocycles. The van der Waals surface area contributed by atoms with Crippen molar-refractivity contribution >= 4 is 49.4 Å². The third-order valence-electron chi connectivity index (χ3n) is 2.68. The van der Waals surface area contributed by atoms with E-state index in [0.717, 1.165) is 22.3 Å². The summed E-state index contributed by atoms with van der Waals surface area (Å²) in [5.74, 6) is -0.809. The minimum Gasteiger partial charge on any atom is -0.255 e. The number of hydrogen-bond donors (Lipinski definition) is 1. The highest BCUT2D eigenvalue weighted by Crippen LogP contribution is 2.33. The van der Waals surface area contributed by atoms with Crippen molar-refractivity contribution in [2.45, 2.75) is 4.90 Å². The zero-order chi connectivity index (χ0) is 15.7. The van der Waals surface area contributed by atoms with Gasteiger partial charge in [0, 0.05) is 5.38 Å². The number of nitrogens with one attached hydrogen (secondary N) is 1. The minimum atomic E-state index is -4.01. The highest BCUT2D eigenvalue weighted by atomic mass is 35.5. The summed E-state index contributed by atoms with van der Waals surface area (Å²) in [7, 11) is -4.01. The largest absolute Gasteiger partial charge is 0.266 e. The van der Waals surface area contributed by atoms with Crippen LogP contribution in [0.15, 0.2) is 46.7 Å². The predicted octanol–water partition coefficient (Wildman–Crippen LogP) is 4.46. The lowest BCUT2D eigenvalue weighted by Crippen LogP contribution is -2.14. The highest BCUT2D eigenvalue weighted by molar-refractivity contribution is 7.93. The second kappa shape index (κ2) is 5.96. The van der Waals surface area contributed by atoms with Crippen molar-refractivity contribution in [2.75, 3.05) is 4.72 Å². The molecule has 0 radical (unpaired) electrons. The van der Waals surface area contributed by atoms with E-state index in [0.29, 0.717) is 10.0 Å². The summed E-state index contributed by atoms with van der Waals surface area (Å²) in [5, 5.41) is 1.88. The van der Waals surface area contributed by atoms with Crippen LogP contribution in [-0.2, 0) is 10.0 Å². The van der Waals surface area contributed by atoms with E-state index in [9.17, 15) is 12.8 Å². The Balaban J connectivity index is 1.88. The summed E-state index contributed by atoms with van der Waals surface area (Å²) in [6.45, 7) is 0. The van der Waals surface area contributed by atoms with Crippen LogP contribution in [0, 0.1) is 5.82 Å². The second-order valence-corrected chi connectivity index (χ2v) is 8.40. The Morgan fingerprint density at radius 1 is 1.18 bits per heavy atom. The van der Waals surface area contributed by atoms with E-state index in [-0.39, 0.29) is 5.13 Å². The van der Waals surface area contributed by atoms with Gasteiger partial charge in [0.1, 0.15) is 10.7 Å². The maximum absolute atomic E-state index is 13.6. The number of hydrogen-bond acceptors (Lipinski definition) is 5. The summed E-state index contributed by atoms with van der Waals surface area (Å²) >= 11 is 8.33. The van der Waals surface area contributed by atoms with Gasteiger partial charge in [-0.15, -0.1) is 22.7 Å². The Morgan fingerprint density at radius 3 is 2.64 bits per heavy atom. The lowest BCUT2D eigenvalue weighted by molar-refractivity contribution is 0.570. The van der Waals surface area contributed by atoms with Gasteiger partial charge in [0.05, 0.1) is 14.9 Å². The van der Waals surface area contributed by atoms with Crippen molar-refractivity contribution in [1.82, 2.24) is 4.98 Å². The van der Waals surface area contributed by atoms with E-state index >= 15 is 0 Å². The smallest absolute Gasteiger partial charge is 0.255 e. The molecule has 2 aromatic heterocycles. The quantitative estimate of drug-likeness (QED) is 0.733. The van der Waals surface area contributed by atoms with Gasteiger partial charge in [-0.25, -0.2) is 17.8 Å². The van der Waals surface area contributed by atoms with Crippen LogP contribution in [0.25, 0.3) is 10.6 Å². The fourth-order valence-corrected chi connectivity index (χ4v) is 4.84. The molecule has 4 nitrogen and oxygen atoms in total. The molecule has 0 aliphatic heterocycles. The summed E-state index contributed by atoms with van der Waals surface area (Å²) in [6, 6.07) is 8.72. The van der Waals surface area contributed by atoms with Gasteiger partial charge in [0.25, 0.3) is 10.0 Å². The van der Waals surface area contributed by atoms with Crippen LogP contribution < -0.4 is 4.72 Å². The number of halogens is 2. The molecule has 1 N–H and O–H groups in total. The fourth-order valence-electron chi connectivity index (χ4n) is 1.72. The van der Waals surface area contributed by atoms with Crippen LogP contribution in [0.2, 0.25) is 4.34 Å². The van der Waals surface area contributed by atoms with E-state index < -0.39 is 20.7 Å². The number of sulfonamides is 1. The summed E-state index contributed by atoms with van der Waals surface area (Å²) in [5.41, 5.74) is 0.619. The van der Waals surface area contributed by atoms with Gasteiger partial charge in [-0.1, -0.05) is 23.7 Å². The van der Waals surface area contributed by atoms with Crippen LogP contribution in [0.3, 0.4) is 0 Å². The van der Waals surface area contributed by atoms with Gasteiger partial charge < -0.3 is 0 Å². The predicted molar refractivity (Wildman–Crippen MR) is 87.6 cm³/mol. The molecular formula is C13H8ClFN2O2S3. The number of thiophene rings is 1. The first kappa shape index (κ1) is 15.4. The summed E-state index contributed by atoms with van der Waals surface area (Å²) in [4.78, 5) is 4.61. The maximum atomic E-state index is 13.6. The van der Waals surface area contributed by atoms with Gasteiger partial charge in [-0.05, 0) is 24.3 Å². The second-order valence-electron chi connectivity index (χ2n) is 4.18. The van der Waals surface area contributed by atoms with Crippen LogP contribution in [0.5, 0.6) is 0 Å². The molecule has 0 saturated heterocycles. The lowest BCUT2D eigenvalue weighted by atomic mass is 10.4. The van der Waals surface area contributed by atoms with Crippen LogP contribution in [0.4, 0.5) is 9.52 Å². The Morgan fingerprint density at radius 2 is 1.95 bits per heavy atom. The number of benzene rings is 1. The fraction of sp³-hybridized carbons (Fsp3) is 0. The van der Waals surface area contributed by atoms with Crippen molar-refractivity contribution in [1.29, 1.82) is 0 Å². The molecule has 0 fully saturated rings. The Hall–Kier alpha value is -1.48. The first-order valence-corrected chi connectivity index (χ1v) is 9.50. The zero-order valence-electron chi connectivity index (χ0n) is 10.8. The first-order chi connectivity index (χ1) is 10.5. The molecule has 0 aliphatic rings. The Labute approximate surface area is 139 Å². The average Bonchev–Trinajstić information content (AvgIpc) is 3.07. The molecular weight excluding hydrogens is 367 g/mol. The molecule has 0 amide bonds. The average molecular weight is 375 g/mol.